The van der Waals surface area contributed by atoms with Crippen molar-refractivity contribution in [2.75, 3.05) is 12.4 Å². The van der Waals surface area contributed by atoms with E-state index in [0.29, 0.717) is 39.7 Å². The molecule has 19 nitrogen and oxygen atoms in total. The third kappa shape index (κ3) is 12.4. The number of nitrogens with one attached hydrogen (secondary N) is 1. The Morgan fingerprint density at radius 1 is 0.635 bits per heavy atom. The van der Waals surface area contributed by atoms with Gasteiger partial charge in [-0.15, -0.1) is 5.11 Å². The summed E-state index contributed by atoms with van der Waals surface area (Å²) < 4.78 is 41.1. The second-order valence-corrected chi connectivity index (χ2v) is 14.1. The SMILES string of the molecule is COc1ccc(Nc2ccc3c([O-])c(N=Nc4cc([N+](=O)[O-])cc([N+](=O)[O-])c4[O-])c(S(=O)(=O)[O-])cc3c2)cc1.[Cr+3].[Na+].[Na+].[O-]c1ccc(Cl)cc1N=Nc1c([O-])ccc2ccccc12. The van der Waals surface area contributed by atoms with Gasteiger partial charge in [0.05, 0.1) is 50.7 Å². The molecule has 7 rings (SSSR count). The van der Waals surface area contributed by atoms with Crippen LogP contribution in [0.1, 0.15) is 0 Å². The standard InChI is InChI=1S/C23H17N5O10S.C16H11ClN2O2.Cr.2Na/c1-38-16-5-2-13(3-6-16)24-14-4-7-17-12(8-14)9-20(39(35,36)37)21(22(17)29)26-25-18-10-15(27(31)32)11-19(23(18)30)28(33)34;17-11-6-8-14(20)13(9-11)18-19-16-12-4-2-1-3-10(12)5-7-15(16)21;;;/h2-11,24,29-30H,1H3,(H,35,36,37);1-9,20-21H;;;/q;;+3;2*+1/p-5. The fraction of sp³-hybridized carbons (Fsp3) is 0.0256. The van der Waals surface area contributed by atoms with Crippen molar-refractivity contribution < 1.29 is 124 Å². The molecule has 24 heteroatoms. The van der Waals surface area contributed by atoms with E-state index in [2.05, 4.69) is 25.8 Å². The molecule has 1 radical (unpaired) electrons. The topological polar surface area (TPSA) is 306 Å². The Morgan fingerprint density at radius 2 is 1.27 bits per heavy atom. The summed E-state index contributed by atoms with van der Waals surface area (Å²) in [5.74, 6) is -2.34. The molecule has 0 unspecified atom stereocenters. The number of hydrogen-bond donors (Lipinski definition) is 1. The van der Waals surface area contributed by atoms with Gasteiger partial charge in [0.25, 0.3) is 11.4 Å². The van der Waals surface area contributed by atoms with Crippen LogP contribution < -0.4 is 89.6 Å². The van der Waals surface area contributed by atoms with Crippen LogP contribution in [0.5, 0.6) is 28.7 Å². The van der Waals surface area contributed by atoms with Gasteiger partial charge in [-0.1, -0.05) is 77.4 Å². The average molecular weight is 947 g/mol. The van der Waals surface area contributed by atoms with Gasteiger partial charge < -0.3 is 35.0 Å². The predicted octanol–water partition coefficient (Wildman–Crippen LogP) is 1.94. The zero-order valence-corrected chi connectivity index (χ0v) is 39.6. The van der Waals surface area contributed by atoms with Crippen LogP contribution in [-0.4, -0.2) is 29.9 Å². The number of nitro groups is 2. The van der Waals surface area contributed by atoms with Crippen molar-refractivity contribution >= 4 is 88.8 Å². The number of non-ortho nitro benzene ring substituents is 1. The van der Waals surface area contributed by atoms with Crippen LogP contribution in [0.3, 0.4) is 0 Å². The van der Waals surface area contributed by atoms with Crippen LogP contribution in [0.15, 0.2) is 141 Å². The monoisotopic (exact) mass is 946 g/mol. The molecule has 0 amide bonds. The van der Waals surface area contributed by atoms with E-state index in [1.807, 2.05) is 18.2 Å². The fourth-order valence-corrected chi connectivity index (χ4v) is 6.36. The Labute approximate surface area is 416 Å². The smallest absolute Gasteiger partial charge is 0.871 e. The van der Waals surface area contributed by atoms with Crippen LogP contribution in [0.4, 0.5) is 45.5 Å². The number of methoxy groups -OCH3 is 1. The van der Waals surface area contributed by atoms with Gasteiger partial charge in [-0.25, -0.2) is 8.42 Å². The van der Waals surface area contributed by atoms with Gasteiger partial charge in [0.1, 0.15) is 15.9 Å². The summed E-state index contributed by atoms with van der Waals surface area (Å²) in [5.41, 5.74) is -2.54. The van der Waals surface area contributed by atoms with Crippen LogP contribution in [0.25, 0.3) is 21.5 Å². The number of anilines is 2. The summed E-state index contributed by atoms with van der Waals surface area (Å²) in [6.07, 6.45) is 0. The molecule has 0 aliphatic heterocycles. The molecule has 1 N–H and O–H groups in total. The molecule has 7 aromatic carbocycles. The summed E-state index contributed by atoms with van der Waals surface area (Å²) in [6, 6.07) is 27.7. The number of hydrogen-bond acceptors (Lipinski definition) is 17. The largest absolute Gasteiger partial charge is 3.00 e. The molecule has 0 aromatic heterocycles. The van der Waals surface area contributed by atoms with E-state index < -0.39 is 59.1 Å². The number of nitrogens with zero attached hydrogens (tertiary/aromatic N) is 6. The van der Waals surface area contributed by atoms with Crippen molar-refractivity contribution in [3.63, 3.8) is 0 Å². The first-order valence-electron chi connectivity index (χ1n) is 16.8. The number of halogens is 1. The maximum atomic E-state index is 13.1. The predicted molar refractivity (Wildman–Crippen MR) is 209 cm³/mol. The molecular weight excluding hydrogens is 924 g/mol. The van der Waals surface area contributed by atoms with E-state index in [9.17, 15) is 53.6 Å². The fourth-order valence-electron chi connectivity index (χ4n) is 5.56. The summed E-state index contributed by atoms with van der Waals surface area (Å²) >= 11 is 5.82. The van der Waals surface area contributed by atoms with Crippen molar-refractivity contribution in [2.45, 2.75) is 4.90 Å². The third-order valence-electron chi connectivity index (χ3n) is 8.42. The zero-order valence-electron chi connectivity index (χ0n) is 32.7. The normalized spacial score (nSPS) is 10.9. The molecular formula is C39H23ClCrN7Na2O12S. The summed E-state index contributed by atoms with van der Waals surface area (Å²) in [7, 11) is -3.81. The Bertz CT molecular complexity index is 3020. The third-order valence-corrected chi connectivity index (χ3v) is 9.51. The van der Waals surface area contributed by atoms with Gasteiger partial charge in [-0.05, 0) is 70.8 Å². The van der Waals surface area contributed by atoms with Crippen LogP contribution in [0, 0.1) is 20.2 Å². The van der Waals surface area contributed by atoms with Crippen LogP contribution in [-0.2, 0) is 27.5 Å². The molecule has 63 heavy (non-hydrogen) atoms. The number of azo groups is 2. The van der Waals surface area contributed by atoms with E-state index in [-0.39, 0.29) is 110 Å². The number of nitro benzene ring substituents is 2. The van der Waals surface area contributed by atoms with Gasteiger partial charge in [0.2, 0.25) is 0 Å². The molecule has 0 heterocycles. The maximum absolute atomic E-state index is 13.1. The van der Waals surface area contributed by atoms with Gasteiger partial charge in [-0.2, -0.15) is 15.3 Å². The van der Waals surface area contributed by atoms with Crippen molar-refractivity contribution in [1.82, 2.24) is 0 Å². The Morgan fingerprint density at radius 3 is 1.92 bits per heavy atom. The van der Waals surface area contributed by atoms with Crippen molar-refractivity contribution in [2.24, 2.45) is 20.5 Å². The molecule has 0 saturated heterocycles. The molecule has 0 atom stereocenters. The van der Waals surface area contributed by atoms with E-state index in [1.165, 1.54) is 49.6 Å². The molecule has 0 aliphatic rings. The molecule has 307 valence electrons. The number of benzene rings is 7. The minimum atomic E-state index is -5.32. The molecule has 0 bridgehead atoms. The van der Waals surface area contributed by atoms with Crippen molar-refractivity contribution in [1.29, 1.82) is 0 Å². The van der Waals surface area contributed by atoms with Gasteiger partial charge in [0, 0.05) is 33.6 Å². The first-order valence-corrected chi connectivity index (χ1v) is 18.6. The van der Waals surface area contributed by atoms with Gasteiger partial charge in [-0.3, -0.25) is 20.2 Å². The molecule has 0 fully saturated rings. The average Bonchev–Trinajstić information content (AvgIpc) is 3.21. The minimum absolute atomic E-state index is 0. The number of fused-ring (bicyclic) bond motifs is 2. The Hall–Kier alpha value is -5.41. The summed E-state index contributed by atoms with van der Waals surface area (Å²) in [5, 5.41) is 90.9. The van der Waals surface area contributed by atoms with Gasteiger partial charge in [0.15, 0.2) is 0 Å². The van der Waals surface area contributed by atoms with Crippen molar-refractivity contribution in [3.05, 3.63) is 141 Å². The number of ether oxygens (including phenoxy) is 1. The summed E-state index contributed by atoms with van der Waals surface area (Å²) in [4.78, 5) is 18.9. The van der Waals surface area contributed by atoms with Crippen LogP contribution in [0.2, 0.25) is 5.02 Å². The second-order valence-electron chi connectivity index (χ2n) is 12.3. The Kier molecular flexibility index (Phi) is 18.4. The molecule has 0 saturated carbocycles. The molecule has 0 spiro atoms. The van der Waals surface area contributed by atoms with E-state index in [4.69, 9.17) is 16.3 Å². The quantitative estimate of drug-likeness (QED) is 0.0675. The number of rotatable bonds is 10. The van der Waals surface area contributed by atoms with Crippen LogP contribution >= 0.6 is 11.6 Å². The van der Waals surface area contributed by atoms with Crippen molar-refractivity contribution in [3.8, 4) is 28.7 Å². The summed E-state index contributed by atoms with van der Waals surface area (Å²) in [6.45, 7) is 0. The van der Waals surface area contributed by atoms with E-state index in [0.717, 1.165) is 11.5 Å². The second kappa shape index (κ2) is 22.3. The molecule has 7 aromatic rings. The first-order chi connectivity index (χ1) is 28.5. The minimum Gasteiger partial charge on any atom is -0.871 e. The molecule has 0 aliphatic carbocycles. The maximum Gasteiger partial charge on any atom is 3.00 e. The van der Waals surface area contributed by atoms with E-state index in [1.54, 1.807) is 36.4 Å². The van der Waals surface area contributed by atoms with Gasteiger partial charge >= 0.3 is 76.5 Å². The Balaban J connectivity index is 0.000000373. The first kappa shape index (κ1) is 51.9. The van der Waals surface area contributed by atoms with E-state index >= 15 is 0 Å². The zero-order chi connectivity index (χ0) is 43.3.